The Kier molecular flexibility index (Phi) is 6.46. The van der Waals surface area contributed by atoms with E-state index in [2.05, 4.69) is 6.92 Å². The van der Waals surface area contributed by atoms with Crippen LogP contribution in [0, 0.1) is 11.8 Å². The monoisotopic (exact) mass is 283 g/mol. The second-order valence-electron chi connectivity index (χ2n) is 6.14. The van der Waals surface area contributed by atoms with E-state index < -0.39 is 0 Å². The van der Waals surface area contributed by atoms with Gasteiger partial charge in [-0.2, -0.15) is 0 Å². The molecule has 0 aromatic rings. The summed E-state index contributed by atoms with van der Waals surface area (Å²) in [6.45, 7) is 4.91. The second kappa shape index (κ2) is 7.62. The van der Waals surface area contributed by atoms with E-state index >= 15 is 0 Å². The maximum absolute atomic E-state index is 12.7. The molecule has 5 nitrogen and oxygen atoms in total. The molecule has 1 fully saturated rings. The highest BCUT2D eigenvalue weighted by Gasteiger charge is 2.35. The molecule has 0 radical (unpaired) electrons. The van der Waals surface area contributed by atoms with E-state index in [0.717, 1.165) is 25.7 Å². The van der Waals surface area contributed by atoms with E-state index in [1.807, 2.05) is 6.92 Å². The van der Waals surface area contributed by atoms with Crippen molar-refractivity contribution in [1.29, 1.82) is 0 Å². The van der Waals surface area contributed by atoms with Crippen LogP contribution in [0.1, 0.15) is 39.5 Å². The fourth-order valence-corrected chi connectivity index (χ4v) is 2.81. The SMILES string of the molecule is CCCN(CC(=O)N(C)C)C(=O)C1CCCC(C)C1N. The normalized spacial score (nSPS) is 26.1. The number of likely N-dealkylation sites (N-methyl/N-ethyl adjacent to an activating group) is 1. The molecule has 2 amide bonds. The van der Waals surface area contributed by atoms with Crippen LogP contribution in [0.2, 0.25) is 0 Å². The van der Waals surface area contributed by atoms with E-state index in [0.29, 0.717) is 12.5 Å². The van der Waals surface area contributed by atoms with Gasteiger partial charge >= 0.3 is 0 Å². The van der Waals surface area contributed by atoms with E-state index in [9.17, 15) is 9.59 Å². The van der Waals surface area contributed by atoms with E-state index in [1.165, 1.54) is 4.90 Å². The third-order valence-corrected chi connectivity index (χ3v) is 4.24. The van der Waals surface area contributed by atoms with Gasteiger partial charge in [0.05, 0.1) is 12.5 Å². The Balaban J connectivity index is 2.74. The van der Waals surface area contributed by atoms with Crippen molar-refractivity contribution in [2.45, 2.75) is 45.6 Å². The highest BCUT2D eigenvalue weighted by molar-refractivity contribution is 5.86. The molecule has 0 aromatic carbocycles. The maximum atomic E-state index is 12.7. The molecule has 3 unspecified atom stereocenters. The average Bonchev–Trinajstić information content (AvgIpc) is 2.40. The predicted molar refractivity (Wildman–Crippen MR) is 80.0 cm³/mol. The largest absolute Gasteiger partial charge is 0.347 e. The predicted octanol–water partition coefficient (Wildman–Crippen LogP) is 1.08. The molecule has 116 valence electrons. The van der Waals surface area contributed by atoms with Gasteiger partial charge in [0.2, 0.25) is 11.8 Å². The number of carbonyl (C=O) groups excluding carboxylic acids is 2. The van der Waals surface area contributed by atoms with Gasteiger partial charge < -0.3 is 15.5 Å². The molecule has 0 heterocycles. The van der Waals surface area contributed by atoms with Gasteiger partial charge in [0.1, 0.15) is 0 Å². The summed E-state index contributed by atoms with van der Waals surface area (Å²) in [4.78, 5) is 27.8. The van der Waals surface area contributed by atoms with Gasteiger partial charge in [-0.15, -0.1) is 0 Å². The number of nitrogens with zero attached hydrogens (tertiary/aromatic N) is 2. The van der Waals surface area contributed by atoms with Crippen molar-refractivity contribution >= 4 is 11.8 Å². The highest BCUT2D eigenvalue weighted by Crippen LogP contribution is 2.29. The number of rotatable bonds is 5. The van der Waals surface area contributed by atoms with Crippen LogP contribution in [0.5, 0.6) is 0 Å². The van der Waals surface area contributed by atoms with Gasteiger partial charge in [0.25, 0.3) is 0 Å². The van der Waals surface area contributed by atoms with Gasteiger partial charge in [0, 0.05) is 26.7 Å². The number of amides is 2. The van der Waals surface area contributed by atoms with Gasteiger partial charge in [-0.1, -0.05) is 20.3 Å². The lowest BCUT2D eigenvalue weighted by Gasteiger charge is -2.36. The number of carbonyl (C=O) groups is 2. The number of nitrogens with two attached hydrogens (primary N) is 1. The fourth-order valence-electron chi connectivity index (χ4n) is 2.81. The lowest BCUT2D eigenvalue weighted by Crippen LogP contribution is -2.51. The van der Waals surface area contributed by atoms with Crippen molar-refractivity contribution in [2.75, 3.05) is 27.2 Å². The fraction of sp³-hybridized carbons (Fsp3) is 0.867. The Morgan fingerprint density at radius 1 is 1.25 bits per heavy atom. The van der Waals surface area contributed by atoms with Crippen molar-refractivity contribution in [1.82, 2.24) is 9.80 Å². The van der Waals surface area contributed by atoms with Crippen LogP contribution >= 0.6 is 0 Å². The first kappa shape index (κ1) is 17.0. The van der Waals surface area contributed by atoms with Crippen LogP contribution in [0.15, 0.2) is 0 Å². The van der Waals surface area contributed by atoms with Crippen molar-refractivity contribution in [3.8, 4) is 0 Å². The summed E-state index contributed by atoms with van der Waals surface area (Å²) in [7, 11) is 3.43. The Labute approximate surface area is 122 Å². The zero-order valence-electron chi connectivity index (χ0n) is 13.3. The van der Waals surface area contributed by atoms with Crippen LogP contribution in [-0.4, -0.2) is 54.8 Å². The van der Waals surface area contributed by atoms with Gasteiger partial charge in [0.15, 0.2) is 0 Å². The molecule has 1 rings (SSSR count). The Bertz CT molecular complexity index is 344. The van der Waals surface area contributed by atoms with Crippen LogP contribution in [0.3, 0.4) is 0 Å². The topological polar surface area (TPSA) is 66.6 Å². The van der Waals surface area contributed by atoms with E-state index in [-0.39, 0.29) is 30.3 Å². The van der Waals surface area contributed by atoms with Gasteiger partial charge in [-0.3, -0.25) is 9.59 Å². The number of hydrogen-bond acceptors (Lipinski definition) is 3. The summed E-state index contributed by atoms with van der Waals surface area (Å²) in [6.07, 6.45) is 3.84. The Morgan fingerprint density at radius 3 is 2.45 bits per heavy atom. The molecule has 1 aliphatic carbocycles. The Morgan fingerprint density at radius 2 is 1.90 bits per heavy atom. The van der Waals surface area contributed by atoms with E-state index in [4.69, 9.17) is 5.73 Å². The molecule has 0 aromatic heterocycles. The first-order valence-electron chi connectivity index (χ1n) is 7.63. The minimum Gasteiger partial charge on any atom is -0.347 e. The molecule has 3 atom stereocenters. The van der Waals surface area contributed by atoms with Crippen LogP contribution in [-0.2, 0) is 9.59 Å². The van der Waals surface area contributed by atoms with Crippen molar-refractivity contribution in [3.63, 3.8) is 0 Å². The van der Waals surface area contributed by atoms with Crippen molar-refractivity contribution in [2.24, 2.45) is 17.6 Å². The standard InChI is InChI=1S/C15H29N3O2/c1-5-9-18(10-13(19)17(3)4)15(20)12-8-6-7-11(2)14(12)16/h11-12,14H,5-10,16H2,1-4H3. The first-order valence-corrected chi connectivity index (χ1v) is 7.63. The molecule has 0 saturated heterocycles. The minimum absolute atomic E-state index is 0.0378. The molecule has 1 saturated carbocycles. The summed E-state index contributed by atoms with van der Waals surface area (Å²) in [5.74, 6) is 0.274. The molecule has 2 N–H and O–H groups in total. The molecule has 20 heavy (non-hydrogen) atoms. The van der Waals surface area contributed by atoms with Gasteiger partial charge in [-0.05, 0) is 25.2 Å². The maximum Gasteiger partial charge on any atom is 0.241 e. The summed E-state index contributed by atoms with van der Waals surface area (Å²) in [6, 6.07) is -0.0786. The Hall–Kier alpha value is -1.10. The van der Waals surface area contributed by atoms with Crippen molar-refractivity contribution in [3.05, 3.63) is 0 Å². The average molecular weight is 283 g/mol. The zero-order valence-corrected chi connectivity index (χ0v) is 13.3. The van der Waals surface area contributed by atoms with Gasteiger partial charge in [-0.25, -0.2) is 0 Å². The third kappa shape index (κ3) is 4.20. The van der Waals surface area contributed by atoms with Crippen LogP contribution < -0.4 is 5.73 Å². The molecule has 5 heteroatoms. The smallest absolute Gasteiger partial charge is 0.241 e. The molecular formula is C15H29N3O2. The first-order chi connectivity index (χ1) is 9.38. The lowest BCUT2D eigenvalue weighted by molar-refractivity contribution is -0.143. The molecule has 0 bridgehead atoms. The quantitative estimate of drug-likeness (QED) is 0.821. The minimum atomic E-state index is -0.125. The van der Waals surface area contributed by atoms with Crippen LogP contribution in [0.4, 0.5) is 0 Å². The summed E-state index contributed by atoms with van der Waals surface area (Å²) >= 11 is 0. The molecule has 1 aliphatic rings. The second-order valence-corrected chi connectivity index (χ2v) is 6.14. The molecule has 0 aliphatic heterocycles. The number of hydrogen-bond donors (Lipinski definition) is 1. The van der Waals surface area contributed by atoms with E-state index in [1.54, 1.807) is 19.0 Å². The summed E-state index contributed by atoms with van der Waals surface area (Å²) in [5.41, 5.74) is 6.21. The summed E-state index contributed by atoms with van der Waals surface area (Å²) < 4.78 is 0. The molecular weight excluding hydrogens is 254 g/mol. The third-order valence-electron chi connectivity index (χ3n) is 4.24. The highest BCUT2D eigenvalue weighted by atomic mass is 16.2. The summed E-state index contributed by atoms with van der Waals surface area (Å²) in [5, 5.41) is 0. The van der Waals surface area contributed by atoms with Crippen LogP contribution in [0.25, 0.3) is 0 Å². The van der Waals surface area contributed by atoms with Crippen molar-refractivity contribution < 1.29 is 9.59 Å². The molecule has 0 spiro atoms. The lowest BCUT2D eigenvalue weighted by atomic mass is 9.77. The zero-order chi connectivity index (χ0) is 15.3.